The van der Waals surface area contributed by atoms with Crippen molar-refractivity contribution in [1.82, 2.24) is 34.7 Å². The van der Waals surface area contributed by atoms with Gasteiger partial charge in [0.05, 0.1) is 29.4 Å². The number of nitrogens with one attached hydrogen (secondary N) is 1. The molecule has 6 aromatic rings. The molecule has 0 atom stereocenters. The molecule has 1 amide bonds. The molecule has 0 aliphatic carbocycles. The molecule has 4 aromatic heterocycles. The van der Waals surface area contributed by atoms with E-state index in [1.54, 1.807) is 6.20 Å². The van der Waals surface area contributed by atoms with E-state index in [-0.39, 0.29) is 5.91 Å². The molecule has 8 nitrogen and oxygen atoms in total. The van der Waals surface area contributed by atoms with Crippen molar-refractivity contribution in [3.63, 3.8) is 0 Å². The summed E-state index contributed by atoms with van der Waals surface area (Å²) in [4.78, 5) is 18.3. The lowest BCUT2D eigenvalue weighted by atomic mass is 10.1. The normalized spacial score (nSPS) is 11.2. The van der Waals surface area contributed by atoms with E-state index in [0.29, 0.717) is 30.7 Å². The lowest BCUT2D eigenvalue weighted by Gasteiger charge is -2.10. The van der Waals surface area contributed by atoms with Gasteiger partial charge in [-0.15, -0.1) is 10.2 Å². The number of rotatable bonds is 7. The van der Waals surface area contributed by atoms with Crippen molar-refractivity contribution in [3.05, 3.63) is 114 Å². The van der Waals surface area contributed by atoms with Gasteiger partial charge in [-0.25, -0.2) is 9.67 Å². The standard InChI is InChI=1S/C28H23N7O/c36-28(29-15-14-26-33-32-25-13-7-8-16-34(25)26)22-17-24(21-11-5-2-6-12-21)31-27-23(22)18-30-35(27)19-20-9-3-1-4-10-20/h1-13,16-18H,14-15,19H2,(H,29,36). The molecule has 8 heteroatoms. The van der Waals surface area contributed by atoms with Crippen LogP contribution in [0.25, 0.3) is 27.9 Å². The summed E-state index contributed by atoms with van der Waals surface area (Å²) in [5.41, 5.74) is 4.79. The number of hydrogen-bond acceptors (Lipinski definition) is 5. The summed E-state index contributed by atoms with van der Waals surface area (Å²) in [5.74, 6) is 0.624. The summed E-state index contributed by atoms with van der Waals surface area (Å²) in [6.45, 7) is 0.994. The van der Waals surface area contributed by atoms with Gasteiger partial charge in [0, 0.05) is 24.7 Å². The van der Waals surface area contributed by atoms with Crippen LogP contribution in [0.4, 0.5) is 0 Å². The van der Waals surface area contributed by atoms with Crippen LogP contribution in [0.2, 0.25) is 0 Å². The Labute approximate surface area is 207 Å². The number of pyridine rings is 2. The Balaban J connectivity index is 1.31. The Morgan fingerprint density at radius 2 is 1.67 bits per heavy atom. The first kappa shape index (κ1) is 21.7. The highest BCUT2D eigenvalue weighted by Crippen LogP contribution is 2.25. The molecule has 4 heterocycles. The minimum Gasteiger partial charge on any atom is -0.352 e. The molecular formula is C28H23N7O. The van der Waals surface area contributed by atoms with Gasteiger partial charge < -0.3 is 5.32 Å². The molecule has 36 heavy (non-hydrogen) atoms. The highest BCUT2D eigenvalue weighted by atomic mass is 16.1. The third kappa shape index (κ3) is 4.20. The zero-order valence-corrected chi connectivity index (χ0v) is 19.5. The zero-order chi connectivity index (χ0) is 24.3. The van der Waals surface area contributed by atoms with Crippen molar-refractivity contribution >= 4 is 22.6 Å². The summed E-state index contributed by atoms with van der Waals surface area (Å²) >= 11 is 0. The molecule has 6 rings (SSSR count). The molecular weight excluding hydrogens is 450 g/mol. The molecule has 0 aliphatic heterocycles. The molecule has 0 spiro atoms. The first-order chi connectivity index (χ1) is 17.8. The van der Waals surface area contributed by atoms with Gasteiger partial charge in [0.2, 0.25) is 0 Å². The maximum Gasteiger partial charge on any atom is 0.252 e. The Morgan fingerprint density at radius 3 is 2.50 bits per heavy atom. The maximum absolute atomic E-state index is 13.4. The van der Waals surface area contributed by atoms with E-state index in [1.165, 1.54) is 0 Å². The largest absolute Gasteiger partial charge is 0.352 e. The lowest BCUT2D eigenvalue weighted by molar-refractivity contribution is 0.0955. The highest BCUT2D eigenvalue weighted by molar-refractivity contribution is 6.06. The van der Waals surface area contributed by atoms with Crippen LogP contribution < -0.4 is 5.32 Å². The number of fused-ring (bicyclic) bond motifs is 2. The third-order valence-electron chi connectivity index (χ3n) is 6.12. The topological polar surface area (TPSA) is 90.0 Å². The molecule has 0 fully saturated rings. The van der Waals surface area contributed by atoms with Gasteiger partial charge in [-0.2, -0.15) is 5.10 Å². The molecule has 0 aliphatic rings. The minimum atomic E-state index is -0.173. The summed E-state index contributed by atoms with van der Waals surface area (Å²) in [6.07, 6.45) is 4.21. The minimum absolute atomic E-state index is 0.173. The number of benzene rings is 2. The molecule has 1 N–H and O–H groups in total. The number of carbonyl (C=O) groups excluding carboxylic acids is 1. The van der Waals surface area contributed by atoms with E-state index in [2.05, 4.69) is 32.7 Å². The fourth-order valence-corrected chi connectivity index (χ4v) is 4.31. The second-order valence-corrected chi connectivity index (χ2v) is 8.50. The second kappa shape index (κ2) is 9.42. The average molecular weight is 474 g/mol. The number of amides is 1. The van der Waals surface area contributed by atoms with E-state index >= 15 is 0 Å². The Kier molecular flexibility index (Phi) is 5.67. The van der Waals surface area contributed by atoms with Gasteiger partial charge in [-0.1, -0.05) is 66.7 Å². The van der Waals surface area contributed by atoms with E-state index in [4.69, 9.17) is 4.98 Å². The zero-order valence-electron chi connectivity index (χ0n) is 19.5. The molecule has 0 radical (unpaired) electrons. The van der Waals surface area contributed by atoms with E-state index in [0.717, 1.165) is 33.7 Å². The first-order valence-corrected chi connectivity index (χ1v) is 11.8. The first-order valence-electron chi connectivity index (χ1n) is 11.8. The van der Waals surface area contributed by atoms with Gasteiger partial charge >= 0.3 is 0 Å². The van der Waals surface area contributed by atoms with Gasteiger partial charge in [-0.3, -0.25) is 9.20 Å². The fraction of sp³-hybridized carbons (Fsp3) is 0.107. The van der Waals surface area contributed by atoms with Crippen molar-refractivity contribution < 1.29 is 4.79 Å². The van der Waals surface area contributed by atoms with Crippen molar-refractivity contribution in [2.75, 3.05) is 6.54 Å². The van der Waals surface area contributed by atoms with Crippen LogP contribution in [-0.2, 0) is 13.0 Å². The van der Waals surface area contributed by atoms with Crippen LogP contribution in [-0.4, -0.2) is 41.8 Å². The van der Waals surface area contributed by atoms with E-state index in [1.807, 2.05) is 88.1 Å². The van der Waals surface area contributed by atoms with Crippen LogP contribution >= 0.6 is 0 Å². The monoisotopic (exact) mass is 473 g/mol. The van der Waals surface area contributed by atoms with Crippen LogP contribution in [0.15, 0.2) is 97.3 Å². The van der Waals surface area contributed by atoms with Crippen molar-refractivity contribution in [3.8, 4) is 11.3 Å². The van der Waals surface area contributed by atoms with Crippen LogP contribution in [0.1, 0.15) is 21.7 Å². The summed E-state index contributed by atoms with van der Waals surface area (Å²) in [6, 6.07) is 27.6. The Morgan fingerprint density at radius 1 is 0.889 bits per heavy atom. The second-order valence-electron chi connectivity index (χ2n) is 8.50. The molecule has 0 saturated carbocycles. The maximum atomic E-state index is 13.4. The van der Waals surface area contributed by atoms with Crippen molar-refractivity contribution in [2.45, 2.75) is 13.0 Å². The van der Waals surface area contributed by atoms with Crippen LogP contribution in [0, 0.1) is 0 Å². The summed E-state index contributed by atoms with van der Waals surface area (Å²) < 4.78 is 3.77. The highest BCUT2D eigenvalue weighted by Gasteiger charge is 2.18. The number of carbonyl (C=O) groups is 1. The predicted molar refractivity (Wildman–Crippen MR) is 138 cm³/mol. The number of hydrogen-bond donors (Lipinski definition) is 1. The molecule has 0 bridgehead atoms. The Bertz CT molecular complexity index is 1660. The number of nitrogens with zero attached hydrogens (tertiary/aromatic N) is 6. The Hall–Kier alpha value is -4.85. The lowest BCUT2D eigenvalue weighted by Crippen LogP contribution is -2.26. The third-order valence-corrected chi connectivity index (χ3v) is 6.12. The fourth-order valence-electron chi connectivity index (χ4n) is 4.31. The SMILES string of the molecule is O=C(NCCc1nnc2ccccn12)c1cc(-c2ccccc2)nc2c1cnn2Cc1ccccc1. The summed E-state index contributed by atoms with van der Waals surface area (Å²) in [5, 5.41) is 16.8. The van der Waals surface area contributed by atoms with Crippen molar-refractivity contribution in [2.24, 2.45) is 0 Å². The molecule has 0 unspecified atom stereocenters. The van der Waals surface area contributed by atoms with Gasteiger partial charge in [0.1, 0.15) is 5.82 Å². The molecule has 176 valence electrons. The molecule has 0 saturated heterocycles. The number of aromatic nitrogens is 6. The average Bonchev–Trinajstić information content (AvgIpc) is 3.53. The molecule has 2 aromatic carbocycles. The predicted octanol–water partition coefficient (Wildman–Crippen LogP) is 4.16. The van der Waals surface area contributed by atoms with Crippen molar-refractivity contribution in [1.29, 1.82) is 0 Å². The van der Waals surface area contributed by atoms with Gasteiger partial charge in [0.25, 0.3) is 5.91 Å². The summed E-state index contributed by atoms with van der Waals surface area (Å²) in [7, 11) is 0. The van der Waals surface area contributed by atoms with Gasteiger partial charge in [0.15, 0.2) is 11.3 Å². The quantitative estimate of drug-likeness (QED) is 0.376. The van der Waals surface area contributed by atoms with E-state index < -0.39 is 0 Å². The smallest absolute Gasteiger partial charge is 0.252 e. The van der Waals surface area contributed by atoms with Gasteiger partial charge in [-0.05, 0) is 23.8 Å². The van der Waals surface area contributed by atoms with Crippen LogP contribution in [0.3, 0.4) is 0 Å². The van der Waals surface area contributed by atoms with Crippen LogP contribution in [0.5, 0.6) is 0 Å². The van der Waals surface area contributed by atoms with E-state index in [9.17, 15) is 4.79 Å².